The summed E-state index contributed by atoms with van der Waals surface area (Å²) in [7, 11) is 1.57. The van der Waals surface area contributed by atoms with E-state index in [9.17, 15) is 14.0 Å². The number of amides is 2. The van der Waals surface area contributed by atoms with E-state index < -0.39 is 41.2 Å². The molecule has 43 heavy (non-hydrogen) atoms. The topological polar surface area (TPSA) is 99.5 Å². The minimum atomic E-state index is -1.04. The lowest BCUT2D eigenvalue weighted by atomic mass is 10.00. The zero-order valence-electron chi connectivity index (χ0n) is 26.0. The van der Waals surface area contributed by atoms with Crippen molar-refractivity contribution in [3.63, 3.8) is 0 Å². The first kappa shape index (κ1) is 34.4. The number of methoxy groups -OCH3 is 1. The average molecular weight is 622 g/mol. The fraction of sp³-hybridized carbons (Fsp3) is 0.548. The zero-order valence-corrected chi connectivity index (χ0v) is 26.8. The van der Waals surface area contributed by atoms with Gasteiger partial charge in [0.15, 0.2) is 5.17 Å². The molecule has 0 N–H and O–H groups in total. The van der Waals surface area contributed by atoms with E-state index in [2.05, 4.69) is 4.98 Å². The number of aromatic nitrogens is 1. The summed E-state index contributed by atoms with van der Waals surface area (Å²) in [5.74, 6) is -0.818. The van der Waals surface area contributed by atoms with Crippen molar-refractivity contribution in [3.05, 3.63) is 53.9 Å². The highest BCUT2D eigenvalue weighted by molar-refractivity contribution is 8.13. The molecule has 0 bridgehead atoms. The Bertz CT molecular complexity index is 1280. The van der Waals surface area contributed by atoms with Crippen molar-refractivity contribution in [2.75, 3.05) is 26.1 Å². The number of amidine groups is 1. The van der Waals surface area contributed by atoms with E-state index in [1.807, 2.05) is 6.92 Å². The lowest BCUT2D eigenvalue weighted by molar-refractivity contribution is -0.0179. The zero-order chi connectivity index (χ0) is 31.9. The van der Waals surface area contributed by atoms with Gasteiger partial charge in [0.05, 0.1) is 19.3 Å². The number of hydrogen-bond donors (Lipinski definition) is 0. The van der Waals surface area contributed by atoms with Crippen molar-refractivity contribution in [1.29, 1.82) is 0 Å². The highest BCUT2D eigenvalue weighted by atomic mass is 32.2. The number of imide groups is 1. The maximum Gasteiger partial charge on any atom is 0.426 e. The quantitative estimate of drug-likeness (QED) is 0.326. The summed E-state index contributed by atoms with van der Waals surface area (Å²) < 4.78 is 52.8. The van der Waals surface area contributed by atoms with Crippen LogP contribution in [0.4, 0.5) is 18.4 Å². The molecular formula is C31H41F2N3O6S. The Morgan fingerprint density at radius 2 is 1.72 bits per heavy atom. The molecule has 0 saturated carbocycles. The van der Waals surface area contributed by atoms with Crippen LogP contribution in [0.5, 0.6) is 0 Å². The fourth-order valence-corrected chi connectivity index (χ4v) is 5.28. The molecule has 0 aliphatic carbocycles. The van der Waals surface area contributed by atoms with Gasteiger partial charge in [-0.1, -0.05) is 24.8 Å². The second-order valence-corrected chi connectivity index (χ2v) is 13.4. The molecular weight excluding hydrogens is 580 g/mol. The average Bonchev–Trinajstić information content (AvgIpc) is 2.88. The molecule has 1 aliphatic rings. The standard InChI is InChI=1S/C31H41F2N3O6S/c1-19-14-21(16-39-8)40-17-25(23-15-20(11-12-24(23)32)22-10-9-13-34-26(22)33)35-27(43-18-19)36(28(37)41-30(2,3)4)29(38)42-31(5,6)7/h9-13,15,19,21,25H,14,16-18H2,1-8H3/b35-27-/t19-,21+,25+/m0/s1. The summed E-state index contributed by atoms with van der Waals surface area (Å²) in [6.45, 7) is 12.2. The van der Waals surface area contributed by atoms with Gasteiger partial charge in [-0.15, -0.1) is 0 Å². The van der Waals surface area contributed by atoms with E-state index in [0.29, 0.717) is 24.3 Å². The number of nitrogens with zero attached hydrogens (tertiary/aromatic N) is 3. The summed E-state index contributed by atoms with van der Waals surface area (Å²) in [4.78, 5) is 36.2. The number of pyridine rings is 1. The first-order valence-corrected chi connectivity index (χ1v) is 15.0. The monoisotopic (exact) mass is 621 g/mol. The molecule has 1 aromatic carbocycles. The summed E-state index contributed by atoms with van der Waals surface area (Å²) in [5, 5.41) is -0.0356. The Morgan fingerprint density at radius 3 is 2.30 bits per heavy atom. The summed E-state index contributed by atoms with van der Waals surface area (Å²) in [6.07, 6.45) is -0.356. The van der Waals surface area contributed by atoms with Crippen LogP contribution in [0.1, 0.15) is 66.5 Å². The Hall–Kier alpha value is -3.09. The van der Waals surface area contributed by atoms with Crippen LogP contribution in [-0.4, -0.2) is 70.6 Å². The van der Waals surface area contributed by atoms with Crippen LogP contribution < -0.4 is 0 Å². The largest absolute Gasteiger partial charge is 0.443 e. The molecule has 1 aromatic heterocycles. The molecule has 236 valence electrons. The molecule has 2 heterocycles. The molecule has 2 amide bonds. The van der Waals surface area contributed by atoms with Crippen LogP contribution in [0.15, 0.2) is 41.5 Å². The number of benzene rings is 1. The van der Waals surface area contributed by atoms with Crippen LogP contribution in [0.3, 0.4) is 0 Å². The van der Waals surface area contributed by atoms with Gasteiger partial charge in [0.1, 0.15) is 23.1 Å². The van der Waals surface area contributed by atoms with Crippen molar-refractivity contribution in [1.82, 2.24) is 9.88 Å². The van der Waals surface area contributed by atoms with Crippen LogP contribution in [0.2, 0.25) is 0 Å². The maximum atomic E-state index is 15.5. The van der Waals surface area contributed by atoms with Gasteiger partial charge in [-0.2, -0.15) is 9.29 Å². The van der Waals surface area contributed by atoms with Gasteiger partial charge in [0.25, 0.3) is 0 Å². The number of thioether (sulfide) groups is 1. The lowest BCUT2D eigenvalue weighted by Gasteiger charge is -2.31. The number of hydrogen-bond acceptors (Lipinski definition) is 9. The second kappa shape index (κ2) is 14.6. The number of halogens is 2. The minimum absolute atomic E-state index is 0.0356. The molecule has 1 aliphatic heterocycles. The summed E-state index contributed by atoms with van der Waals surface area (Å²) in [6, 6.07) is 6.21. The molecule has 9 nitrogen and oxygen atoms in total. The van der Waals surface area contributed by atoms with E-state index in [4.69, 9.17) is 23.9 Å². The molecule has 12 heteroatoms. The predicted octanol–water partition coefficient (Wildman–Crippen LogP) is 7.40. The fourth-order valence-electron chi connectivity index (χ4n) is 4.23. The number of aliphatic imine (C=N–C) groups is 1. The Balaban J connectivity index is 2.19. The molecule has 0 spiro atoms. The van der Waals surface area contributed by atoms with Gasteiger partial charge in [0.2, 0.25) is 5.95 Å². The Morgan fingerprint density at radius 1 is 1.07 bits per heavy atom. The van der Waals surface area contributed by atoms with Gasteiger partial charge in [-0.05, 0) is 83.7 Å². The minimum Gasteiger partial charge on any atom is -0.443 e. The predicted molar refractivity (Wildman–Crippen MR) is 162 cm³/mol. The van der Waals surface area contributed by atoms with Crippen LogP contribution in [0.25, 0.3) is 11.1 Å². The third-order valence-corrected chi connectivity index (χ3v) is 7.32. The SMILES string of the molecule is COC[C@H]1C[C@H](C)CS/C(N(C(=O)OC(C)(C)C)C(=O)OC(C)(C)C)=N\[C@@H](c2cc(-c3cccnc3F)ccc2F)CO1. The van der Waals surface area contributed by atoms with Crippen LogP contribution in [-0.2, 0) is 18.9 Å². The van der Waals surface area contributed by atoms with Crippen LogP contribution in [0, 0.1) is 17.7 Å². The van der Waals surface area contributed by atoms with Crippen molar-refractivity contribution < 1.29 is 37.3 Å². The van der Waals surface area contributed by atoms with Crippen molar-refractivity contribution in [2.24, 2.45) is 10.9 Å². The van der Waals surface area contributed by atoms with Crippen LogP contribution >= 0.6 is 11.8 Å². The second-order valence-electron chi connectivity index (χ2n) is 12.4. The maximum absolute atomic E-state index is 15.5. The van der Waals surface area contributed by atoms with E-state index >= 15 is 4.39 Å². The van der Waals surface area contributed by atoms with Gasteiger partial charge in [-0.25, -0.2) is 19.0 Å². The lowest BCUT2D eigenvalue weighted by Crippen LogP contribution is -2.46. The molecule has 0 fully saturated rings. The molecule has 0 radical (unpaired) electrons. The summed E-state index contributed by atoms with van der Waals surface area (Å²) >= 11 is 1.16. The highest BCUT2D eigenvalue weighted by Crippen LogP contribution is 2.32. The van der Waals surface area contributed by atoms with Crippen molar-refractivity contribution >= 4 is 29.1 Å². The smallest absolute Gasteiger partial charge is 0.426 e. The highest BCUT2D eigenvalue weighted by Gasteiger charge is 2.37. The van der Waals surface area contributed by atoms with Crippen molar-refractivity contribution in [2.45, 2.75) is 78.2 Å². The normalized spacial score (nSPS) is 21.3. The van der Waals surface area contributed by atoms with Gasteiger partial charge in [0, 0.05) is 30.2 Å². The number of rotatable bonds is 4. The molecule has 3 atom stereocenters. The molecule has 2 aromatic rings. The third-order valence-electron chi connectivity index (χ3n) is 6.04. The van der Waals surface area contributed by atoms with E-state index in [0.717, 1.165) is 16.7 Å². The summed E-state index contributed by atoms with van der Waals surface area (Å²) in [5.41, 5.74) is -1.23. The Labute approximate surface area is 256 Å². The van der Waals surface area contributed by atoms with Gasteiger partial charge < -0.3 is 18.9 Å². The number of ether oxygens (including phenoxy) is 4. The van der Waals surface area contributed by atoms with E-state index in [1.54, 1.807) is 54.7 Å². The van der Waals surface area contributed by atoms with Gasteiger partial charge >= 0.3 is 12.2 Å². The first-order valence-electron chi connectivity index (χ1n) is 14.1. The van der Waals surface area contributed by atoms with Gasteiger partial charge in [-0.3, -0.25) is 4.99 Å². The van der Waals surface area contributed by atoms with E-state index in [1.165, 1.54) is 30.5 Å². The molecule has 0 saturated heterocycles. The van der Waals surface area contributed by atoms with E-state index in [-0.39, 0.29) is 34.9 Å². The Kier molecular flexibility index (Phi) is 11.7. The third kappa shape index (κ3) is 10.3. The molecule has 0 unspecified atom stereocenters. The molecule has 3 rings (SSSR count). The van der Waals surface area contributed by atoms with Crippen molar-refractivity contribution in [3.8, 4) is 11.1 Å². The first-order chi connectivity index (χ1) is 20.1. The number of carbonyl (C=O) groups is 2. The number of carbonyl (C=O) groups excluding carboxylic acids is 2.